The lowest BCUT2D eigenvalue weighted by Crippen LogP contribution is -2.49. The highest BCUT2D eigenvalue weighted by molar-refractivity contribution is 5.64. The van der Waals surface area contributed by atoms with Crippen molar-refractivity contribution in [1.82, 2.24) is 19.9 Å². The van der Waals surface area contributed by atoms with Gasteiger partial charge in [0.1, 0.15) is 22.8 Å². The van der Waals surface area contributed by atoms with Crippen LogP contribution in [0.4, 0.5) is 5.69 Å². The van der Waals surface area contributed by atoms with Crippen LogP contribution in [0.3, 0.4) is 0 Å². The summed E-state index contributed by atoms with van der Waals surface area (Å²) in [5.41, 5.74) is 2.94. The maximum atomic E-state index is 13.6. The fourth-order valence-corrected chi connectivity index (χ4v) is 4.49. The molecule has 8 heteroatoms. The van der Waals surface area contributed by atoms with Crippen molar-refractivity contribution in [2.45, 2.75) is 32.4 Å². The van der Waals surface area contributed by atoms with Crippen LogP contribution in [0.5, 0.6) is 5.75 Å². The summed E-state index contributed by atoms with van der Waals surface area (Å²) in [6.07, 6.45) is 1.57. The average molecular weight is 450 g/mol. The SMILES string of the molecule is CCO[C@H]1CNC[C@@]1(Nc1c(C)nc(-c2ccc(OC)cc2C)n(C)c1=O)c1ccccn1. The van der Waals surface area contributed by atoms with Crippen LogP contribution in [0, 0.1) is 13.8 Å². The van der Waals surface area contributed by atoms with E-state index in [9.17, 15) is 4.79 Å². The highest BCUT2D eigenvalue weighted by atomic mass is 16.5. The van der Waals surface area contributed by atoms with Crippen molar-refractivity contribution in [1.29, 1.82) is 0 Å². The third-order valence-electron chi connectivity index (χ3n) is 6.27. The van der Waals surface area contributed by atoms with Gasteiger partial charge < -0.3 is 20.1 Å². The van der Waals surface area contributed by atoms with E-state index in [4.69, 9.17) is 14.5 Å². The number of ether oxygens (including phenoxy) is 2. The molecular weight excluding hydrogens is 418 g/mol. The number of aryl methyl sites for hydroxylation is 2. The summed E-state index contributed by atoms with van der Waals surface area (Å²) in [5, 5.41) is 6.94. The van der Waals surface area contributed by atoms with Gasteiger partial charge in [0, 0.05) is 38.5 Å². The molecule has 0 aliphatic carbocycles. The zero-order chi connectivity index (χ0) is 23.6. The molecule has 3 heterocycles. The molecule has 1 aromatic carbocycles. The Labute approximate surface area is 194 Å². The van der Waals surface area contributed by atoms with Crippen molar-refractivity contribution in [2.24, 2.45) is 7.05 Å². The Morgan fingerprint density at radius 1 is 1.27 bits per heavy atom. The molecule has 4 rings (SSSR count). The molecule has 174 valence electrons. The molecule has 0 unspecified atom stereocenters. The van der Waals surface area contributed by atoms with Gasteiger partial charge >= 0.3 is 0 Å². The number of hydrogen-bond donors (Lipinski definition) is 2. The van der Waals surface area contributed by atoms with Crippen LogP contribution in [-0.2, 0) is 17.3 Å². The average Bonchev–Trinajstić information content (AvgIpc) is 3.23. The maximum Gasteiger partial charge on any atom is 0.277 e. The Morgan fingerprint density at radius 3 is 2.76 bits per heavy atom. The quantitative estimate of drug-likeness (QED) is 0.573. The number of methoxy groups -OCH3 is 1. The van der Waals surface area contributed by atoms with E-state index in [0.717, 1.165) is 22.6 Å². The second-order valence-corrected chi connectivity index (χ2v) is 8.33. The number of nitrogens with zero attached hydrogens (tertiary/aromatic N) is 3. The Bertz CT molecular complexity index is 1190. The van der Waals surface area contributed by atoms with E-state index in [0.29, 0.717) is 36.9 Å². The first-order valence-corrected chi connectivity index (χ1v) is 11.2. The minimum Gasteiger partial charge on any atom is -0.497 e. The van der Waals surface area contributed by atoms with E-state index in [1.54, 1.807) is 24.9 Å². The van der Waals surface area contributed by atoms with Crippen molar-refractivity contribution in [3.63, 3.8) is 0 Å². The predicted octanol–water partition coefficient (Wildman–Crippen LogP) is 2.78. The molecule has 3 aromatic rings. The Balaban J connectivity index is 1.81. The van der Waals surface area contributed by atoms with E-state index in [-0.39, 0.29) is 11.7 Å². The van der Waals surface area contributed by atoms with Crippen LogP contribution in [0.2, 0.25) is 0 Å². The standard InChI is InChI=1S/C25H31N5O3/c1-6-33-21-14-26-15-25(21,20-9-7-8-12-27-20)29-22-17(3)28-23(30(4)24(22)31)19-11-10-18(32-5)13-16(19)2/h7-13,21,26,29H,6,14-15H2,1-5H3/t21-,25+/m0/s1. The third-order valence-corrected chi connectivity index (χ3v) is 6.27. The molecule has 1 aliphatic heterocycles. The summed E-state index contributed by atoms with van der Waals surface area (Å²) in [5.74, 6) is 1.38. The lowest BCUT2D eigenvalue weighted by atomic mass is 9.90. The first-order chi connectivity index (χ1) is 15.9. The minimum atomic E-state index is -0.687. The zero-order valence-corrected chi connectivity index (χ0v) is 19.8. The summed E-state index contributed by atoms with van der Waals surface area (Å²) in [6.45, 7) is 7.62. The van der Waals surface area contributed by atoms with Crippen LogP contribution in [0.25, 0.3) is 11.4 Å². The molecule has 2 N–H and O–H groups in total. The Hall–Kier alpha value is -3.23. The van der Waals surface area contributed by atoms with Crippen LogP contribution >= 0.6 is 0 Å². The second kappa shape index (κ2) is 9.33. The van der Waals surface area contributed by atoms with Gasteiger partial charge in [0.25, 0.3) is 5.56 Å². The minimum absolute atomic E-state index is 0.148. The van der Waals surface area contributed by atoms with Crippen molar-refractivity contribution in [3.8, 4) is 17.1 Å². The van der Waals surface area contributed by atoms with Crippen molar-refractivity contribution < 1.29 is 9.47 Å². The molecule has 0 saturated carbocycles. The molecule has 33 heavy (non-hydrogen) atoms. The van der Waals surface area contributed by atoms with E-state index in [2.05, 4.69) is 15.6 Å². The van der Waals surface area contributed by atoms with Crippen LogP contribution in [0.1, 0.15) is 23.9 Å². The molecular formula is C25H31N5O3. The number of pyridine rings is 1. The maximum absolute atomic E-state index is 13.6. The zero-order valence-electron chi connectivity index (χ0n) is 19.8. The summed E-state index contributed by atoms with van der Waals surface area (Å²) in [4.78, 5) is 23.0. The second-order valence-electron chi connectivity index (χ2n) is 8.33. The van der Waals surface area contributed by atoms with Crippen molar-refractivity contribution in [2.75, 3.05) is 32.1 Å². The van der Waals surface area contributed by atoms with E-state index < -0.39 is 5.54 Å². The van der Waals surface area contributed by atoms with Crippen molar-refractivity contribution in [3.05, 3.63) is 69.9 Å². The summed E-state index contributed by atoms with van der Waals surface area (Å²) in [7, 11) is 3.39. The van der Waals surface area contributed by atoms with Crippen molar-refractivity contribution >= 4 is 5.69 Å². The van der Waals surface area contributed by atoms with Gasteiger partial charge in [-0.1, -0.05) is 6.07 Å². The van der Waals surface area contributed by atoms with E-state index in [1.807, 2.05) is 57.2 Å². The van der Waals surface area contributed by atoms with Gasteiger partial charge in [-0.05, 0) is 56.7 Å². The molecule has 0 spiro atoms. The van der Waals surface area contributed by atoms with Gasteiger partial charge in [-0.2, -0.15) is 0 Å². The smallest absolute Gasteiger partial charge is 0.277 e. The Morgan fingerprint density at radius 2 is 2.09 bits per heavy atom. The monoisotopic (exact) mass is 449 g/mol. The number of rotatable bonds is 7. The molecule has 0 bridgehead atoms. The molecule has 2 aromatic heterocycles. The van der Waals surface area contributed by atoms with Gasteiger partial charge in [-0.3, -0.25) is 14.3 Å². The number of nitrogens with one attached hydrogen (secondary N) is 2. The van der Waals surface area contributed by atoms with Crippen LogP contribution in [-0.4, -0.2) is 47.4 Å². The van der Waals surface area contributed by atoms with E-state index in [1.165, 1.54) is 0 Å². The van der Waals surface area contributed by atoms with E-state index >= 15 is 0 Å². The van der Waals surface area contributed by atoms with Crippen LogP contribution < -0.4 is 20.9 Å². The summed E-state index contributed by atoms with van der Waals surface area (Å²) < 4.78 is 13.0. The summed E-state index contributed by atoms with van der Waals surface area (Å²) in [6, 6.07) is 11.6. The van der Waals surface area contributed by atoms with Gasteiger partial charge in [0.05, 0.1) is 24.6 Å². The number of aromatic nitrogens is 3. The first kappa shape index (κ1) is 22.9. The highest BCUT2D eigenvalue weighted by Gasteiger charge is 2.47. The third kappa shape index (κ3) is 4.12. The first-order valence-electron chi connectivity index (χ1n) is 11.2. The fraction of sp³-hybridized carbons (Fsp3) is 0.400. The lowest BCUT2D eigenvalue weighted by Gasteiger charge is -2.36. The Kier molecular flexibility index (Phi) is 6.49. The molecule has 1 saturated heterocycles. The topological polar surface area (TPSA) is 90.3 Å². The summed E-state index contributed by atoms with van der Waals surface area (Å²) >= 11 is 0. The molecule has 1 aliphatic rings. The van der Waals surface area contributed by atoms with Crippen LogP contribution in [0.15, 0.2) is 47.4 Å². The highest BCUT2D eigenvalue weighted by Crippen LogP contribution is 2.34. The van der Waals surface area contributed by atoms with Gasteiger partial charge in [-0.25, -0.2) is 4.98 Å². The molecule has 2 atom stereocenters. The number of benzene rings is 1. The molecule has 0 amide bonds. The predicted molar refractivity (Wildman–Crippen MR) is 129 cm³/mol. The molecule has 1 fully saturated rings. The fourth-order valence-electron chi connectivity index (χ4n) is 4.49. The number of anilines is 1. The van der Waals surface area contributed by atoms with Gasteiger partial charge in [-0.15, -0.1) is 0 Å². The van der Waals surface area contributed by atoms with Gasteiger partial charge in [0.15, 0.2) is 0 Å². The number of hydrogen-bond acceptors (Lipinski definition) is 7. The largest absolute Gasteiger partial charge is 0.497 e. The normalized spacial score (nSPS) is 20.1. The van der Waals surface area contributed by atoms with Gasteiger partial charge in [0.2, 0.25) is 0 Å². The molecule has 0 radical (unpaired) electrons. The lowest BCUT2D eigenvalue weighted by molar-refractivity contribution is 0.0384. The molecule has 8 nitrogen and oxygen atoms in total.